The van der Waals surface area contributed by atoms with Crippen molar-refractivity contribution in [2.24, 2.45) is 52.3 Å². The lowest BCUT2D eigenvalue weighted by Gasteiger charge is -2.65. The Kier molecular flexibility index (Phi) is 8.36. The maximum absolute atomic E-state index is 12.5. The van der Waals surface area contributed by atoms with Crippen LogP contribution in [0.5, 0.6) is 0 Å². The van der Waals surface area contributed by atoms with E-state index in [1.54, 1.807) is 6.92 Å². The maximum Gasteiger partial charge on any atom is 0.305 e. The predicted octanol–water partition coefficient (Wildman–Crippen LogP) is 6.34. The highest BCUT2D eigenvalue weighted by Crippen LogP contribution is 2.70. The average Bonchev–Trinajstić information content (AvgIpc) is 3.19. The topological polar surface area (TPSA) is 78.9 Å². The van der Waals surface area contributed by atoms with Crippen molar-refractivity contribution in [3.05, 3.63) is 0 Å². The second-order valence-corrected chi connectivity index (χ2v) is 13.4. The molecule has 0 aromatic rings. The molecule has 4 aliphatic carbocycles. The molecule has 0 N–H and O–H groups in total. The van der Waals surface area contributed by atoms with E-state index in [1.165, 1.54) is 33.3 Å². The number of fused-ring (bicyclic) bond motifs is 5. The van der Waals surface area contributed by atoms with Crippen molar-refractivity contribution in [3.63, 3.8) is 0 Å². The van der Waals surface area contributed by atoms with Crippen LogP contribution >= 0.6 is 0 Å². The first kappa shape index (κ1) is 28.4. The summed E-state index contributed by atoms with van der Waals surface area (Å²) >= 11 is 0. The molecule has 1 unspecified atom stereocenters. The fraction of sp³-hybridized carbons (Fsp3) is 0.903. The molecule has 6 heteroatoms. The van der Waals surface area contributed by atoms with Crippen LogP contribution in [0.4, 0.5) is 0 Å². The Morgan fingerprint density at radius 2 is 1.54 bits per heavy atom. The Morgan fingerprint density at radius 1 is 0.892 bits per heavy atom. The highest BCUT2D eigenvalue weighted by molar-refractivity contribution is 5.69. The van der Waals surface area contributed by atoms with Crippen molar-refractivity contribution >= 4 is 17.9 Å². The summed E-state index contributed by atoms with van der Waals surface area (Å²) < 4.78 is 16.9. The predicted molar refractivity (Wildman–Crippen MR) is 141 cm³/mol. The smallest absolute Gasteiger partial charge is 0.305 e. The number of carbonyl (C=O) groups is 3. The third kappa shape index (κ3) is 5.07. The average molecular weight is 519 g/mol. The van der Waals surface area contributed by atoms with Crippen LogP contribution in [0.25, 0.3) is 0 Å². The monoisotopic (exact) mass is 518 g/mol. The summed E-state index contributed by atoms with van der Waals surface area (Å²) in [4.78, 5) is 36.1. The standard InChI is InChI=1S/C31H50O6/c1-8-22-26-17-21(36-19(3)32)13-15-31(26,6)25-14-16-30(5)23(18(2)9-12-27(34)35-7)10-11-24(30)28(25)29(22)37-20(4)33/h18,21-26,28-29H,8-17H2,1-7H3/t18-,21-,22-,23?,24+,25+,26+,28+,29-,30-,31-/m1/s1. The molecule has 6 nitrogen and oxygen atoms in total. The minimum Gasteiger partial charge on any atom is -0.469 e. The van der Waals surface area contributed by atoms with Gasteiger partial charge in [0.15, 0.2) is 0 Å². The van der Waals surface area contributed by atoms with Gasteiger partial charge in [-0.3, -0.25) is 14.4 Å². The van der Waals surface area contributed by atoms with E-state index in [0.717, 1.165) is 38.5 Å². The van der Waals surface area contributed by atoms with Crippen LogP contribution in [-0.4, -0.2) is 37.2 Å². The third-order valence-corrected chi connectivity index (χ3v) is 11.8. The van der Waals surface area contributed by atoms with E-state index in [2.05, 4.69) is 27.7 Å². The van der Waals surface area contributed by atoms with Crippen molar-refractivity contribution in [2.75, 3.05) is 7.11 Å². The fourth-order valence-corrected chi connectivity index (χ4v) is 10.2. The van der Waals surface area contributed by atoms with Gasteiger partial charge in [0.2, 0.25) is 0 Å². The van der Waals surface area contributed by atoms with Crippen molar-refractivity contribution in [1.29, 1.82) is 0 Å². The van der Waals surface area contributed by atoms with E-state index in [1.807, 2.05) is 0 Å². The van der Waals surface area contributed by atoms with Gasteiger partial charge in [0.1, 0.15) is 12.2 Å². The molecule has 0 heterocycles. The van der Waals surface area contributed by atoms with E-state index >= 15 is 0 Å². The Labute approximate surface area is 223 Å². The molecule has 37 heavy (non-hydrogen) atoms. The van der Waals surface area contributed by atoms with Gasteiger partial charge in [-0.1, -0.05) is 27.7 Å². The molecule has 4 saturated carbocycles. The van der Waals surface area contributed by atoms with Crippen LogP contribution in [0, 0.1) is 52.3 Å². The quantitative estimate of drug-likeness (QED) is 0.289. The normalized spacial score (nSPS) is 43.5. The number of ether oxygens (including phenoxy) is 3. The van der Waals surface area contributed by atoms with Gasteiger partial charge in [0, 0.05) is 26.2 Å². The van der Waals surface area contributed by atoms with Gasteiger partial charge in [-0.15, -0.1) is 0 Å². The van der Waals surface area contributed by atoms with Gasteiger partial charge in [-0.25, -0.2) is 0 Å². The lowest BCUT2D eigenvalue weighted by atomic mass is 9.41. The first-order chi connectivity index (χ1) is 17.5. The molecule has 4 rings (SSSR count). The first-order valence-corrected chi connectivity index (χ1v) is 14.9. The zero-order chi connectivity index (χ0) is 27.1. The Balaban J connectivity index is 1.65. The zero-order valence-corrected chi connectivity index (χ0v) is 24.2. The molecular formula is C31H50O6. The van der Waals surface area contributed by atoms with Crippen molar-refractivity contribution < 1.29 is 28.6 Å². The zero-order valence-electron chi connectivity index (χ0n) is 24.2. The Hall–Kier alpha value is -1.59. The van der Waals surface area contributed by atoms with Crippen molar-refractivity contribution in [3.8, 4) is 0 Å². The van der Waals surface area contributed by atoms with Crippen LogP contribution in [0.3, 0.4) is 0 Å². The largest absolute Gasteiger partial charge is 0.469 e. The molecule has 0 spiro atoms. The number of methoxy groups -OCH3 is 1. The van der Waals surface area contributed by atoms with E-state index in [0.29, 0.717) is 41.9 Å². The molecule has 4 fully saturated rings. The van der Waals surface area contributed by atoms with Crippen LogP contribution in [0.1, 0.15) is 106 Å². The van der Waals surface area contributed by atoms with Gasteiger partial charge in [0.05, 0.1) is 7.11 Å². The molecule has 4 aliphatic rings. The maximum atomic E-state index is 12.5. The number of esters is 3. The van der Waals surface area contributed by atoms with Crippen LogP contribution < -0.4 is 0 Å². The van der Waals surface area contributed by atoms with Crippen LogP contribution in [-0.2, 0) is 28.6 Å². The second-order valence-electron chi connectivity index (χ2n) is 13.4. The minimum absolute atomic E-state index is 0.0282. The van der Waals surface area contributed by atoms with Gasteiger partial charge in [0.25, 0.3) is 0 Å². The minimum atomic E-state index is -0.196. The number of carbonyl (C=O) groups excluding carboxylic acids is 3. The van der Waals surface area contributed by atoms with E-state index in [9.17, 15) is 14.4 Å². The van der Waals surface area contributed by atoms with E-state index in [4.69, 9.17) is 14.2 Å². The first-order valence-electron chi connectivity index (χ1n) is 14.9. The SMILES string of the molecule is CC[C@H]1[C@@H](OC(C)=O)[C@@H]2[C@H](CC[C@]3(C)C([C@H](C)CCC(=O)OC)CC[C@@H]23)[C@@]2(C)CC[C@@H](OC(C)=O)C[C@@H]12. The van der Waals surface area contributed by atoms with Gasteiger partial charge in [-0.05, 0) is 104 Å². The highest BCUT2D eigenvalue weighted by Gasteiger charge is 2.66. The number of rotatable bonds is 7. The van der Waals surface area contributed by atoms with Gasteiger partial charge < -0.3 is 14.2 Å². The van der Waals surface area contributed by atoms with E-state index in [-0.39, 0.29) is 46.9 Å². The fourth-order valence-electron chi connectivity index (χ4n) is 10.2. The van der Waals surface area contributed by atoms with Crippen LogP contribution in [0.15, 0.2) is 0 Å². The molecule has 11 atom stereocenters. The van der Waals surface area contributed by atoms with Gasteiger partial charge >= 0.3 is 17.9 Å². The van der Waals surface area contributed by atoms with E-state index < -0.39 is 0 Å². The summed E-state index contributed by atoms with van der Waals surface area (Å²) in [7, 11) is 1.47. The number of hydrogen-bond acceptors (Lipinski definition) is 6. The number of hydrogen-bond donors (Lipinski definition) is 0. The Bertz CT molecular complexity index is 870. The lowest BCUT2D eigenvalue weighted by molar-refractivity contribution is -0.219. The molecule has 0 radical (unpaired) electrons. The highest BCUT2D eigenvalue weighted by atomic mass is 16.5. The molecule has 0 aromatic heterocycles. The second kappa shape index (κ2) is 10.9. The summed E-state index contributed by atoms with van der Waals surface area (Å²) in [5.41, 5.74) is 0.375. The summed E-state index contributed by atoms with van der Waals surface area (Å²) in [6.07, 6.45) is 9.83. The molecule has 0 saturated heterocycles. The van der Waals surface area contributed by atoms with Crippen LogP contribution in [0.2, 0.25) is 0 Å². The molecule has 0 bridgehead atoms. The summed E-state index contributed by atoms with van der Waals surface area (Å²) in [5, 5.41) is 0. The molecule has 210 valence electrons. The summed E-state index contributed by atoms with van der Waals surface area (Å²) in [6, 6.07) is 0. The summed E-state index contributed by atoms with van der Waals surface area (Å²) in [6.45, 7) is 12.6. The van der Waals surface area contributed by atoms with Crippen molar-refractivity contribution in [1.82, 2.24) is 0 Å². The summed E-state index contributed by atoms with van der Waals surface area (Å²) in [5.74, 6) is 2.64. The molecule has 0 amide bonds. The molecular weight excluding hydrogens is 468 g/mol. The third-order valence-electron chi connectivity index (χ3n) is 11.8. The van der Waals surface area contributed by atoms with Gasteiger partial charge in [-0.2, -0.15) is 0 Å². The molecule has 0 aliphatic heterocycles. The Morgan fingerprint density at radius 3 is 2.16 bits per heavy atom. The lowest BCUT2D eigenvalue weighted by Crippen LogP contribution is -2.63. The van der Waals surface area contributed by atoms with Crippen molar-refractivity contribution in [2.45, 2.75) is 118 Å². The molecule has 0 aromatic carbocycles.